The predicted molar refractivity (Wildman–Crippen MR) is 110 cm³/mol. The summed E-state index contributed by atoms with van der Waals surface area (Å²) < 4.78 is 5.75. The van der Waals surface area contributed by atoms with Crippen LogP contribution in [0.4, 0.5) is 0 Å². The van der Waals surface area contributed by atoms with Gasteiger partial charge in [0.25, 0.3) is 0 Å². The molecule has 1 aromatic carbocycles. The van der Waals surface area contributed by atoms with Crippen molar-refractivity contribution < 1.29 is 4.74 Å². The molecule has 4 nitrogen and oxygen atoms in total. The lowest BCUT2D eigenvalue weighted by Gasteiger charge is -2.34. The highest BCUT2D eigenvalue weighted by molar-refractivity contribution is 14.0. The molecule has 0 aromatic heterocycles. The number of hydrogen-bond acceptors (Lipinski definition) is 2. The van der Waals surface area contributed by atoms with E-state index >= 15 is 0 Å². The smallest absolute Gasteiger partial charge is 0.194 e. The van der Waals surface area contributed by atoms with Crippen LogP contribution in [-0.2, 0) is 4.74 Å². The van der Waals surface area contributed by atoms with E-state index in [4.69, 9.17) is 9.73 Å². The summed E-state index contributed by atoms with van der Waals surface area (Å²) in [4.78, 5) is 7.12. The fourth-order valence-corrected chi connectivity index (χ4v) is 3.45. The average molecular weight is 443 g/mol. The number of halogens is 1. The van der Waals surface area contributed by atoms with E-state index < -0.39 is 0 Å². The molecular weight excluding hydrogens is 413 g/mol. The molecule has 0 radical (unpaired) electrons. The molecule has 24 heavy (non-hydrogen) atoms. The largest absolute Gasteiger partial charge is 0.378 e. The first-order valence-corrected chi connectivity index (χ1v) is 9.04. The van der Waals surface area contributed by atoms with Crippen LogP contribution in [0.2, 0.25) is 0 Å². The highest BCUT2D eigenvalue weighted by atomic mass is 127. The molecule has 134 valence electrons. The first kappa shape index (κ1) is 19.5. The van der Waals surface area contributed by atoms with Crippen molar-refractivity contribution in [2.24, 2.45) is 4.99 Å². The lowest BCUT2D eigenvalue weighted by atomic mass is 10.1. The highest BCUT2D eigenvalue weighted by Gasteiger charge is 2.39. The topological polar surface area (TPSA) is 36.9 Å². The van der Waals surface area contributed by atoms with Crippen LogP contribution >= 0.6 is 24.0 Å². The van der Waals surface area contributed by atoms with Gasteiger partial charge in [-0.15, -0.1) is 24.0 Å². The molecule has 1 aliphatic heterocycles. The van der Waals surface area contributed by atoms with Gasteiger partial charge in [-0.3, -0.25) is 4.99 Å². The van der Waals surface area contributed by atoms with Gasteiger partial charge in [0.15, 0.2) is 5.96 Å². The van der Waals surface area contributed by atoms with Crippen molar-refractivity contribution in [1.29, 1.82) is 0 Å². The number of guanidine groups is 1. The third-order valence-electron chi connectivity index (χ3n) is 4.78. The van der Waals surface area contributed by atoms with E-state index in [0.29, 0.717) is 18.1 Å². The summed E-state index contributed by atoms with van der Waals surface area (Å²) in [5, 5.41) is 3.69. The Labute approximate surface area is 163 Å². The summed E-state index contributed by atoms with van der Waals surface area (Å²) in [5.41, 5.74) is 1.44. The maximum Gasteiger partial charge on any atom is 0.194 e. The maximum absolute atomic E-state index is 5.75. The van der Waals surface area contributed by atoms with Crippen molar-refractivity contribution >= 4 is 29.9 Å². The third-order valence-corrected chi connectivity index (χ3v) is 4.78. The van der Waals surface area contributed by atoms with Gasteiger partial charge in [0, 0.05) is 38.2 Å². The van der Waals surface area contributed by atoms with Crippen LogP contribution in [0.1, 0.15) is 44.6 Å². The maximum atomic E-state index is 5.75. The van der Waals surface area contributed by atoms with Gasteiger partial charge in [-0.1, -0.05) is 30.3 Å². The number of nitrogens with one attached hydrogen (secondary N) is 1. The van der Waals surface area contributed by atoms with E-state index in [0.717, 1.165) is 45.0 Å². The number of aliphatic imine (C=N–C) groups is 1. The van der Waals surface area contributed by atoms with Crippen molar-refractivity contribution in [3.63, 3.8) is 0 Å². The summed E-state index contributed by atoms with van der Waals surface area (Å²) in [7, 11) is 0. The fourth-order valence-electron chi connectivity index (χ4n) is 3.45. The number of likely N-dealkylation sites (tertiary alicyclic amines) is 1. The summed E-state index contributed by atoms with van der Waals surface area (Å²) in [5.74, 6) is 1.73. The van der Waals surface area contributed by atoms with Gasteiger partial charge in [-0.25, -0.2) is 0 Å². The van der Waals surface area contributed by atoms with Crippen molar-refractivity contribution in [1.82, 2.24) is 10.2 Å². The summed E-state index contributed by atoms with van der Waals surface area (Å²) in [6.07, 6.45) is 3.84. The van der Waals surface area contributed by atoms with Crippen LogP contribution in [0.5, 0.6) is 0 Å². The van der Waals surface area contributed by atoms with Crippen LogP contribution in [0.3, 0.4) is 0 Å². The molecular formula is C19H30IN3O. The van der Waals surface area contributed by atoms with Gasteiger partial charge >= 0.3 is 0 Å². The van der Waals surface area contributed by atoms with E-state index in [1.807, 2.05) is 0 Å². The molecule has 2 fully saturated rings. The van der Waals surface area contributed by atoms with Gasteiger partial charge in [-0.05, 0) is 38.7 Å². The molecule has 0 bridgehead atoms. The Morgan fingerprint density at radius 2 is 1.92 bits per heavy atom. The first-order valence-electron chi connectivity index (χ1n) is 9.04. The monoisotopic (exact) mass is 443 g/mol. The number of hydrogen-bond donors (Lipinski definition) is 1. The molecule has 1 heterocycles. The second-order valence-electron chi connectivity index (χ2n) is 6.44. The quantitative estimate of drug-likeness (QED) is 0.429. The van der Waals surface area contributed by atoms with Gasteiger partial charge in [0.05, 0.1) is 6.10 Å². The molecule has 1 N–H and O–H groups in total. The van der Waals surface area contributed by atoms with Crippen molar-refractivity contribution in [3.05, 3.63) is 35.9 Å². The zero-order chi connectivity index (χ0) is 16.1. The van der Waals surface area contributed by atoms with Crippen molar-refractivity contribution in [3.8, 4) is 0 Å². The first-order chi connectivity index (χ1) is 11.3. The van der Waals surface area contributed by atoms with Gasteiger partial charge < -0.3 is 15.0 Å². The Hall–Kier alpha value is -0.820. The minimum atomic E-state index is 0. The van der Waals surface area contributed by atoms with Crippen LogP contribution in [-0.4, -0.2) is 49.2 Å². The molecule has 0 amide bonds. The predicted octanol–water partition coefficient (Wildman–Crippen LogP) is 3.63. The Bertz CT molecular complexity index is 515. The molecule has 2 aliphatic rings. The van der Waals surface area contributed by atoms with E-state index in [1.165, 1.54) is 12.0 Å². The average Bonchev–Trinajstić information content (AvgIpc) is 3.36. The molecule has 5 heteroatoms. The van der Waals surface area contributed by atoms with Gasteiger partial charge in [-0.2, -0.15) is 0 Å². The number of benzene rings is 1. The molecule has 1 aromatic rings. The highest BCUT2D eigenvalue weighted by Crippen LogP contribution is 2.40. The molecule has 2 atom stereocenters. The summed E-state index contributed by atoms with van der Waals surface area (Å²) >= 11 is 0. The number of rotatable bonds is 5. The van der Waals surface area contributed by atoms with Crippen molar-refractivity contribution in [2.45, 2.75) is 51.2 Å². The normalized spacial score (nSPS) is 24.4. The van der Waals surface area contributed by atoms with Crippen LogP contribution in [0.15, 0.2) is 35.3 Å². The summed E-state index contributed by atoms with van der Waals surface area (Å²) in [6, 6.07) is 11.3. The molecule has 1 saturated carbocycles. The minimum absolute atomic E-state index is 0. The second-order valence-corrected chi connectivity index (χ2v) is 6.44. The molecule has 3 rings (SSSR count). The molecule has 2 unspecified atom stereocenters. The zero-order valence-corrected chi connectivity index (χ0v) is 17.1. The van der Waals surface area contributed by atoms with E-state index in [9.17, 15) is 0 Å². The molecule has 1 aliphatic carbocycles. The van der Waals surface area contributed by atoms with Crippen molar-refractivity contribution in [2.75, 3.05) is 26.2 Å². The summed E-state index contributed by atoms with van der Waals surface area (Å²) in [6.45, 7) is 7.92. The Balaban J connectivity index is 0.00000208. The SMILES string of the molecule is CCN=C(NC1CC1c1ccccc1)N1CCC(OCC)CC1.I. The third kappa shape index (κ3) is 5.09. The second kappa shape index (κ2) is 9.61. The zero-order valence-electron chi connectivity index (χ0n) is 14.8. The van der Waals surface area contributed by atoms with Gasteiger partial charge in [0.2, 0.25) is 0 Å². The molecule has 1 saturated heterocycles. The minimum Gasteiger partial charge on any atom is -0.378 e. The van der Waals surface area contributed by atoms with Crippen LogP contribution in [0, 0.1) is 0 Å². The lowest BCUT2D eigenvalue weighted by Crippen LogP contribution is -2.48. The Kier molecular flexibility index (Phi) is 7.81. The molecule has 0 spiro atoms. The lowest BCUT2D eigenvalue weighted by molar-refractivity contribution is 0.0263. The number of ether oxygens (including phenoxy) is 1. The fraction of sp³-hybridized carbons (Fsp3) is 0.632. The Morgan fingerprint density at radius 3 is 2.54 bits per heavy atom. The van der Waals surface area contributed by atoms with E-state index in [1.54, 1.807) is 0 Å². The van der Waals surface area contributed by atoms with Crippen LogP contribution < -0.4 is 5.32 Å². The number of nitrogens with zero attached hydrogens (tertiary/aromatic N) is 2. The standard InChI is InChI=1S/C19H29N3O.HI/c1-3-20-19(22-12-10-16(11-13-22)23-4-2)21-18-14-17(18)15-8-6-5-7-9-15;/h5-9,16-18H,3-4,10-14H2,1-2H3,(H,20,21);1H. The number of piperidine rings is 1. The van der Waals surface area contributed by atoms with E-state index in [2.05, 4.69) is 54.4 Å². The Morgan fingerprint density at radius 1 is 1.21 bits per heavy atom. The van der Waals surface area contributed by atoms with Gasteiger partial charge in [0.1, 0.15) is 0 Å². The van der Waals surface area contributed by atoms with E-state index in [-0.39, 0.29) is 24.0 Å². The van der Waals surface area contributed by atoms with Crippen LogP contribution in [0.25, 0.3) is 0 Å².